The first-order valence-corrected chi connectivity index (χ1v) is 7.41. The maximum absolute atomic E-state index is 6.62. The molecule has 1 aliphatic carbocycles. The van der Waals surface area contributed by atoms with Crippen LogP contribution in [0.15, 0.2) is 47.6 Å². The molecule has 0 fully saturated rings. The fourth-order valence-electron chi connectivity index (χ4n) is 3.39. The number of amidine groups is 1. The minimum Gasteiger partial charge on any atom is -0.343 e. The quantitative estimate of drug-likeness (QED) is 0.887. The van der Waals surface area contributed by atoms with E-state index in [1.807, 2.05) is 24.4 Å². The zero-order valence-corrected chi connectivity index (χ0v) is 11.8. The Hall–Kier alpha value is -2.20. The Bertz CT molecular complexity index is 708. The van der Waals surface area contributed by atoms with Crippen LogP contribution in [0.25, 0.3) is 0 Å². The van der Waals surface area contributed by atoms with E-state index in [1.54, 1.807) is 0 Å². The molecule has 1 aromatic carbocycles. The average molecular weight is 278 g/mol. The van der Waals surface area contributed by atoms with Crippen molar-refractivity contribution in [2.45, 2.75) is 31.3 Å². The summed E-state index contributed by atoms with van der Waals surface area (Å²) in [6.07, 6.45) is 5.58. The molecule has 2 aliphatic rings. The molecule has 2 aromatic rings. The first-order chi connectivity index (χ1) is 10.2. The predicted molar refractivity (Wildman–Crippen MR) is 84.2 cm³/mol. The van der Waals surface area contributed by atoms with Crippen molar-refractivity contribution in [1.82, 2.24) is 4.98 Å². The number of nitrogens with zero attached hydrogens (tertiary/aromatic N) is 2. The molecular formula is C17H18N4. The van der Waals surface area contributed by atoms with Crippen LogP contribution < -0.4 is 11.1 Å². The number of aryl methyl sites for hydroxylation is 1. The molecule has 4 nitrogen and oxygen atoms in total. The van der Waals surface area contributed by atoms with Crippen molar-refractivity contribution in [2.24, 2.45) is 10.7 Å². The summed E-state index contributed by atoms with van der Waals surface area (Å²) in [6.45, 7) is 0. The molecule has 1 aromatic heterocycles. The Balaban J connectivity index is 1.74. The monoisotopic (exact) mass is 278 g/mol. The molecule has 1 aliphatic heterocycles. The van der Waals surface area contributed by atoms with Crippen LogP contribution in [0.5, 0.6) is 0 Å². The Morgan fingerprint density at radius 1 is 1.19 bits per heavy atom. The Kier molecular flexibility index (Phi) is 2.79. The molecule has 0 saturated carbocycles. The fourth-order valence-corrected chi connectivity index (χ4v) is 3.39. The van der Waals surface area contributed by atoms with Crippen molar-refractivity contribution >= 4 is 11.5 Å². The van der Waals surface area contributed by atoms with Gasteiger partial charge in [-0.05, 0) is 43.0 Å². The Morgan fingerprint density at radius 3 is 3.00 bits per heavy atom. The van der Waals surface area contributed by atoms with Crippen LogP contribution >= 0.6 is 0 Å². The van der Waals surface area contributed by atoms with Crippen molar-refractivity contribution in [3.8, 4) is 0 Å². The molecule has 106 valence electrons. The van der Waals surface area contributed by atoms with Gasteiger partial charge in [0.1, 0.15) is 11.5 Å². The molecule has 1 unspecified atom stereocenters. The normalized spacial score (nSPS) is 23.0. The number of nitrogens with two attached hydrogens (primary N) is 1. The van der Waals surface area contributed by atoms with E-state index < -0.39 is 5.66 Å². The van der Waals surface area contributed by atoms with Gasteiger partial charge in [0, 0.05) is 29.6 Å². The molecule has 2 heterocycles. The van der Waals surface area contributed by atoms with Crippen LogP contribution in [0.3, 0.4) is 0 Å². The number of aromatic nitrogens is 1. The van der Waals surface area contributed by atoms with E-state index in [1.165, 1.54) is 11.1 Å². The number of hydrogen-bond donors (Lipinski definition) is 2. The number of pyridine rings is 1. The number of benzene rings is 1. The largest absolute Gasteiger partial charge is 0.343 e. The first kappa shape index (κ1) is 12.5. The zero-order chi connectivity index (χ0) is 14.3. The summed E-state index contributed by atoms with van der Waals surface area (Å²) >= 11 is 0. The molecule has 0 bridgehead atoms. The Labute approximate surface area is 124 Å². The predicted octanol–water partition coefficient (Wildman–Crippen LogP) is 2.60. The minimum absolute atomic E-state index is 0.570. The lowest BCUT2D eigenvalue weighted by Gasteiger charge is -2.38. The number of hydrogen-bond acceptors (Lipinski definition) is 4. The van der Waals surface area contributed by atoms with Crippen LogP contribution in [0, 0.1) is 0 Å². The molecular weight excluding hydrogens is 260 g/mol. The van der Waals surface area contributed by atoms with Crippen molar-refractivity contribution in [3.63, 3.8) is 0 Å². The molecule has 4 rings (SSSR count). The molecule has 0 spiro atoms. The topological polar surface area (TPSA) is 63.3 Å². The van der Waals surface area contributed by atoms with Crippen molar-refractivity contribution in [3.05, 3.63) is 59.4 Å². The summed E-state index contributed by atoms with van der Waals surface area (Å²) in [4.78, 5) is 9.20. The van der Waals surface area contributed by atoms with Crippen LogP contribution in [0.2, 0.25) is 0 Å². The summed E-state index contributed by atoms with van der Waals surface area (Å²) in [7, 11) is 0. The average Bonchev–Trinajstić information content (AvgIpc) is 2.48. The zero-order valence-electron chi connectivity index (χ0n) is 11.8. The van der Waals surface area contributed by atoms with E-state index >= 15 is 0 Å². The molecule has 3 N–H and O–H groups in total. The third-order valence-electron chi connectivity index (χ3n) is 4.28. The number of nitrogens with one attached hydrogen (secondary N) is 1. The van der Waals surface area contributed by atoms with Gasteiger partial charge in [0.05, 0.1) is 0 Å². The minimum atomic E-state index is -0.570. The van der Waals surface area contributed by atoms with Crippen LogP contribution in [-0.2, 0) is 18.5 Å². The van der Waals surface area contributed by atoms with Gasteiger partial charge in [0.25, 0.3) is 0 Å². The van der Waals surface area contributed by atoms with Gasteiger partial charge in [-0.25, -0.2) is 4.99 Å². The fraction of sp³-hybridized carbons (Fsp3) is 0.294. The number of anilines is 1. The van der Waals surface area contributed by atoms with Crippen molar-refractivity contribution in [1.29, 1.82) is 0 Å². The second-order valence-corrected chi connectivity index (χ2v) is 5.80. The molecule has 0 radical (unpaired) electrons. The van der Waals surface area contributed by atoms with Crippen molar-refractivity contribution < 1.29 is 0 Å². The highest BCUT2D eigenvalue weighted by Crippen LogP contribution is 2.41. The van der Waals surface area contributed by atoms with E-state index in [4.69, 9.17) is 10.7 Å². The molecule has 21 heavy (non-hydrogen) atoms. The summed E-state index contributed by atoms with van der Waals surface area (Å²) < 4.78 is 0. The van der Waals surface area contributed by atoms with Gasteiger partial charge in [0.15, 0.2) is 0 Å². The van der Waals surface area contributed by atoms with Gasteiger partial charge in [-0.15, -0.1) is 0 Å². The first-order valence-electron chi connectivity index (χ1n) is 7.41. The van der Waals surface area contributed by atoms with E-state index in [9.17, 15) is 0 Å². The third kappa shape index (κ3) is 2.12. The second-order valence-electron chi connectivity index (χ2n) is 5.80. The highest BCUT2D eigenvalue weighted by atomic mass is 15.1. The van der Waals surface area contributed by atoms with Crippen LogP contribution in [0.1, 0.15) is 29.7 Å². The van der Waals surface area contributed by atoms with E-state index in [0.717, 1.165) is 36.5 Å². The van der Waals surface area contributed by atoms with Crippen molar-refractivity contribution in [2.75, 3.05) is 5.32 Å². The summed E-state index contributed by atoms with van der Waals surface area (Å²) in [5.74, 6) is 0.905. The lowest BCUT2D eigenvalue weighted by molar-refractivity contribution is 0.388. The van der Waals surface area contributed by atoms with Gasteiger partial charge >= 0.3 is 0 Å². The van der Waals surface area contributed by atoms with E-state index in [-0.39, 0.29) is 0 Å². The van der Waals surface area contributed by atoms with E-state index in [0.29, 0.717) is 6.42 Å². The van der Waals surface area contributed by atoms with Gasteiger partial charge in [0.2, 0.25) is 0 Å². The lowest BCUT2D eigenvalue weighted by atomic mass is 9.81. The maximum Gasteiger partial charge on any atom is 0.138 e. The van der Waals surface area contributed by atoms with Gasteiger partial charge < -0.3 is 11.1 Å². The second kappa shape index (κ2) is 4.67. The summed E-state index contributed by atoms with van der Waals surface area (Å²) in [5, 5.41) is 3.44. The van der Waals surface area contributed by atoms with Gasteiger partial charge in [-0.2, -0.15) is 0 Å². The molecule has 0 amide bonds. The highest BCUT2D eigenvalue weighted by molar-refractivity contribution is 5.99. The molecule has 0 saturated heterocycles. The summed E-state index contributed by atoms with van der Waals surface area (Å²) in [5.41, 5.74) is 10.7. The highest BCUT2D eigenvalue weighted by Gasteiger charge is 2.37. The third-order valence-corrected chi connectivity index (χ3v) is 4.28. The van der Waals surface area contributed by atoms with Gasteiger partial charge in [-0.1, -0.05) is 18.2 Å². The SMILES string of the molecule is NC12CCCc3cccc(c31)NC(Cc1ccccn1)=N2. The lowest BCUT2D eigenvalue weighted by Crippen LogP contribution is -2.44. The number of aliphatic imine (C=N–C) groups is 1. The smallest absolute Gasteiger partial charge is 0.138 e. The summed E-state index contributed by atoms with van der Waals surface area (Å²) in [6, 6.07) is 12.3. The van der Waals surface area contributed by atoms with Crippen LogP contribution in [-0.4, -0.2) is 10.8 Å². The van der Waals surface area contributed by atoms with Crippen LogP contribution in [0.4, 0.5) is 5.69 Å². The molecule has 4 heteroatoms. The Morgan fingerprint density at radius 2 is 2.14 bits per heavy atom. The van der Waals surface area contributed by atoms with E-state index in [2.05, 4.69) is 28.5 Å². The number of rotatable bonds is 2. The standard InChI is InChI=1S/C17H18N4/c18-17-9-4-6-12-5-3-8-14(16(12)17)20-15(21-17)11-13-7-1-2-10-19-13/h1-3,5,7-8,10H,4,6,9,11,18H2,(H,20,21). The molecule has 1 atom stereocenters. The van der Waals surface area contributed by atoms with Gasteiger partial charge in [-0.3, -0.25) is 4.98 Å². The maximum atomic E-state index is 6.62.